The van der Waals surface area contributed by atoms with E-state index in [9.17, 15) is 0 Å². The van der Waals surface area contributed by atoms with Crippen molar-refractivity contribution in [3.63, 3.8) is 0 Å². The van der Waals surface area contributed by atoms with Gasteiger partial charge in [-0.05, 0) is 20.1 Å². The van der Waals surface area contributed by atoms with Crippen LogP contribution in [0.3, 0.4) is 0 Å². The van der Waals surface area contributed by atoms with E-state index in [4.69, 9.17) is 10.3 Å². The first-order valence-electron chi connectivity index (χ1n) is 5.44. The van der Waals surface area contributed by atoms with Crippen LogP contribution < -0.4 is 11.1 Å². The predicted octanol–water partition coefficient (Wildman–Crippen LogP) is 2.00. The lowest BCUT2D eigenvalue weighted by molar-refractivity contribution is 0.392. The number of aryl methyl sites for hydroxylation is 2. The Morgan fingerprint density at radius 3 is 2.78 bits per heavy atom. The zero-order chi connectivity index (χ0) is 13.1. The van der Waals surface area contributed by atoms with Gasteiger partial charge in [0.25, 0.3) is 0 Å². The highest BCUT2D eigenvalue weighted by Crippen LogP contribution is 2.18. The highest BCUT2D eigenvalue weighted by molar-refractivity contribution is 7.98. The van der Waals surface area contributed by atoms with Crippen LogP contribution in [-0.4, -0.2) is 21.4 Å². The first-order valence-corrected chi connectivity index (χ1v) is 6.66. The molecule has 3 N–H and O–H groups in total. The number of rotatable bonds is 4. The summed E-state index contributed by atoms with van der Waals surface area (Å²) >= 11 is 1.45. The molecule has 0 bridgehead atoms. The van der Waals surface area contributed by atoms with Crippen molar-refractivity contribution >= 4 is 23.4 Å². The molecule has 0 unspecified atom stereocenters. The smallest absolute Gasteiger partial charge is 0.191 e. The largest absolute Gasteiger partial charge is 0.383 e. The van der Waals surface area contributed by atoms with Crippen molar-refractivity contribution in [2.75, 3.05) is 17.3 Å². The summed E-state index contributed by atoms with van der Waals surface area (Å²) in [4.78, 5) is 8.41. The molecule has 0 atom stereocenters. The van der Waals surface area contributed by atoms with Gasteiger partial charge < -0.3 is 15.6 Å². The molecule has 0 aliphatic rings. The zero-order valence-electron chi connectivity index (χ0n) is 10.5. The van der Waals surface area contributed by atoms with Gasteiger partial charge in [-0.15, -0.1) is 0 Å². The summed E-state index contributed by atoms with van der Waals surface area (Å²) in [5.74, 6) is 1.97. The number of hydrogen-bond donors (Lipinski definition) is 2. The molecule has 7 heteroatoms. The Bertz CT molecular complexity index is 535. The van der Waals surface area contributed by atoms with Crippen LogP contribution in [-0.2, 0) is 6.54 Å². The Morgan fingerprint density at radius 2 is 2.17 bits per heavy atom. The number of nitrogens with two attached hydrogens (primary N) is 1. The molecule has 2 heterocycles. The van der Waals surface area contributed by atoms with Gasteiger partial charge in [0.2, 0.25) is 0 Å². The van der Waals surface area contributed by atoms with Gasteiger partial charge in [-0.25, -0.2) is 9.97 Å². The van der Waals surface area contributed by atoms with Gasteiger partial charge in [0.1, 0.15) is 17.4 Å². The maximum Gasteiger partial charge on any atom is 0.191 e. The van der Waals surface area contributed by atoms with Crippen molar-refractivity contribution in [2.24, 2.45) is 0 Å². The van der Waals surface area contributed by atoms with E-state index >= 15 is 0 Å². The second kappa shape index (κ2) is 5.26. The number of aromatic nitrogens is 3. The van der Waals surface area contributed by atoms with Gasteiger partial charge in [-0.1, -0.05) is 16.9 Å². The molecule has 2 aromatic heterocycles. The lowest BCUT2D eigenvalue weighted by atomic mass is 10.2. The summed E-state index contributed by atoms with van der Waals surface area (Å²) < 4.78 is 5.10. The van der Waals surface area contributed by atoms with Crippen molar-refractivity contribution in [1.82, 2.24) is 15.1 Å². The average molecular weight is 265 g/mol. The van der Waals surface area contributed by atoms with E-state index in [1.54, 1.807) is 6.07 Å². The van der Waals surface area contributed by atoms with Gasteiger partial charge in [-0.2, -0.15) is 0 Å². The molecule has 0 saturated heterocycles. The van der Waals surface area contributed by atoms with Crippen LogP contribution in [0.15, 0.2) is 15.7 Å². The molecule has 0 spiro atoms. The molecule has 2 rings (SSSR count). The van der Waals surface area contributed by atoms with Crippen molar-refractivity contribution < 1.29 is 4.52 Å². The van der Waals surface area contributed by atoms with E-state index in [1.807, 2.05) is 20.1 Å². The number of hydrogen-bond acceptors (Lipinski definition) is 7. The molecule has 0 fully saturated rings. The monoisotopic (exact) mass is 265 g/mol. The van der Waals surface area contributed by atoms with Gasteiger partial charge in [0.05, 0.1) is 5.69 Å². The minimum Gasteiger partial charge on any atom is -0.383 e. The van der Waals surface area contributed by atoms with Crippen molar-refractivity contribution in [2.45, 2.75) is 25.5 Å². The minimum atomic E-state index is 0.454. The van der Waals surface area contributed by atoms with Gasteiger partial charge in [-0.3, -0.25) is 0 Å². The first-order chi connectivity index (χ1) is 8.60. The molecule has 18 heavy (non-hydrogen) atoms. The molecule has 0 aliphatic carbocycles. The fraction of sp³-hybridized carbons (Fsp3) is 0.364. The first kappa shape index (κ1) is 12.7. The van der Waals surface area contributed by atoms with Crippen LogP contribution >= 0.6 is 11.8 Å². The molecule has 0 amide bonds. The van der Waals surface area contributed by atoms with E-state index in [-0.39, 0.29) is 0 Å². The molecular formula is C11H15N5OS. The van der Waals surface area contributed by atoms with Crippen molar-refractivity contribution in [3.05, 3.63) is 23.1 Å². The number of thioether (sulfide) groups is 1. The number of nitrogen functional groups attached to an aromatic ring is 1. The lowest BCUT2D eigenvalue weighted by Gasteiger charge is -2.07. The van der Waals surface area contributed by atoms with Crippen LogP contribution in [0.2, 0.25) is 0 Å². The fourth-order valence-electron chi connectivity index (χ4n) is 1.56. The number of anilines is 2. The second-order valence-electron chi connectivity index (χ2n) is 3.82. The summed E-state index contributed by atoms with van der Waals surface area (Å²) in [6, 6.07) is 1.71. The van der Waals surface area contributed by atoms with E-state index in [1.165, 1.54) is 11.8 Å². The van der Waals surface area contributed by atoms with Crippen LogP contribution in [0.25, 0.3) is 0 Å². The molecule has 0 aliphatic heterocycles. The van der Waals surface area contributed by atoms with Crippen molar-refractivity contribution in [1.29, 1.82) is 0 Å². The molecular weight excluding hydrogens is 250 g/mol. The maximum absolute atomic E-state index is 5.71. The fourth-order valence-corrected chi connectivity index (χ4v) is 1.94. The molecule has 0 radical (unpaired) electrons. The quantitative estimate of drug-likeness (QED) is 0.645. The Hall–Kier alpha value is -1.76. The van der Waals surface area contributed by atoms with E-state index in [0.717, 1.165) is 17.0 Å². The van der Waals surface area contributed by atoms with Gasteiger partial charge in [0, 0.05) is 18.2 Å². The second-order valence-corrected chi connectivity index (χ2v) is 4.59. The Labute approximate surface area is 109 Å². The van der Waals surface area contributed by atoms with Gasteiger partial charge >= 0.3 is 0 Å². The number of nitrogens with zero attached hydrogens (tertiary/aromatic N) is 3. The molecule has 96 valence electrons. The average Bonchev–Trinajstić information content (AvgIpc) is 2.66. The third-order valence-corrected chi connectivity index (χ3v) is 3.08. The standard InChI is InChI=1S/C11H15N5OS/c1-6-8(7(2)17-16-6)5-13-10-4-9(12)14-11(15-10)18-3/h4H,5H2,1-3H3,(H3,12,13,14,15). The zero-order valence-corrected chi connectivity index (χ0v) is 11.3. The van der Waals surface area contributed by atoms with E-state index in [2.05, 4.69) is 20.4 Å². The predicted molar refractivity (Wildman–Crippen MR) is 71.5 cm³/mol. The van der Waals surface area contributed by atoms with Crippen molar-refractivity contribution in [3.8, 4) is 0 Å². The van der Waals surface area contributed by atoms with E-state index in [0.29, 0.717) is 23.3 Å². The Morgan fingerprint density at radius 1 is 1.39 bits per heavy atom. The third-order valence-electron chi connectivity index (χ3n) is 2.54. The van der Waals surface area contributed by atoms with Crippen LogP contribution in [0.5, 0.6) is 0 Å². The van der Waals surface area contributed by atoms with Crippen LogP contribution in [0, 0.1) is 13.8 Å². The van der Waals surface area contributed by atoms with Crippen LogP contribution in [0.1, 0.15) is 17.0 Å². The maximum atomic E-state index is 5.71. The third kappa shape index (κ3) is 2.73. The Balaban J connectivity index is 2.13. The summed E-state index contributed by atoms with van der Waals surface area (Å²) in [6.45, 7) is 4.40. The summed E-state index contributed by atoms with van der Waals surface area (Å²) in [6.07, 6.45) is 1.91. The minimum absolute atomic E-state index is 0.454. The number of nitrogens with one attached hydrogen (secondary N) is 1. The molecule has 6 nitrogen and oxygen atoms in total. The molecule has 2 aromatic rings. The molecule has 0 saturated carbocycles. The normalized spacial score (nSPS) is 10.6. The SMILES string of the molecule is CSc1nc(N)cc(NCc2c(C)noc2C)n1. The Kier molecular flexibility index (Phi) is 3.71. The highest BCUT2D eigenvalue weighted by Gasteiger charge is 2.09. The van der Waals surface area contributed by atoms with E-state index < -0.39 is 0 Å². The summed E-state index contributed by atoms with van der Waals surface area (Å²) in [5, 5.41) is 7.75. The van der Waals surface area contributed by atoms with Gasteiger partial charge in [0.15, 0.2) is 5.16 Å². The lowest BCUT2D eigenvalue weighted by Crippen LogP contribution is -2.05. The highest BCUT2D eigenvalue weighted by atomic mass is 32.2. The van der Waals surface area contributed by atoms with Crippen LogP contribution in [0.4, 0.5) is 11.6 Å². The topological polar surface area (TPSA) is 89.9 Å². The molecule has 0 aromatic carbocycles. The summed E-state index contributed by atoms with van der Waals surface area (Å²) in [5.41, 5.74) is 7.63. The summed E-state index contributed by atoms with van der Waals surface area (Å²) in [7, 11) is 0.